The molecule has 0 spiro atoms. The number of hydrogen-bond donors (Lipinski definition) is 2. The average Bonchev–Trinajstić information content (AvgIpc) is 2.31. The van der Waals surface area contributed by atoms with E-state index in [4.69, 9.17) is 0 Å². The van der Waals surface area contributed by atoms with Crippen molar-refractivity contribution in [3.05, 3.63) is 33.8 Å². The summed E-state index contributed by atoms with van der Waals surface area (Å²) < 4.78 is 0.907. The molecule has 0 fully saturated rings. The van der Waals surface area contributed by atoms with Crippen LogP contribution in [-0.2, 0) is 4.79 Å². The fourth-order valence-corrected chi connectivity index (χ4v) is 2.66. The second kappa shape index (κ2) is 7.28. The molecule has 0 aliphatic heterocycles. The molecule has 1 aromatic rings. The summed E-state index contributed by atoms with van der Waals surface area (Å²) in [7, 11) is 0. The Morgan fingerprint density at radius 2 is 2.11 bits per heavy atom. The zero-order valence-corrected chi connectivity index (χ0v) is 12.8. The van der Waals surface area contributed by atoms with Crippen molar-refractivity contribution in [1.82, 2.24) is 0 Å². The fraction of sp³-hybridized carbons (Fsp3) is 0.462. The van der Waals surface area contributed by atoms with Gasteiger partial charge in [-0.05, 0) is 30.5 Å². The third-order valence-corrected chi connectivity index (χ3v) is 4.42. The molecular weight excluding hydrogens is 316 g/mol. The van der Waals surface area contributed by atoms with E-state index in [-0.39, 0.29) is 5.12 Å². The lowest BCUT2D eigenvalue weighted by atomic mass is 9.98. The molecule has 0 heterocycles. The molecule has 18 heavy (non-hydrogen) atoms. The predicted molar refractivity (Wildman–Crippen MR) is 77.6 cm³/mol. The second-order valence-corrected chi connectivity index (χ2v) is 6.22. The summed E-state index contributed by atoms with van der Waals surface area (Å²) >= 11 is 4.55. The van der Waals surface area contributed by atoms with Crippen molar-refractivity contribution in [2.45, 2.75) is 32.5 Å². The highest BCUT2D eigenvalue weighted by atomic mass is 79.9. The van der Waals surface area contributed by atoms with Gasteiger partial charge >= 0.3 is 0 Å². The molecule has 3 nitrogen and oxygen atoms in total. The first-order valence-corrected chi connectivity index (χ1v) is 7.46. The van der Waals surface area contributed by atoms with E-state index in [1.807, 2.05) is 19.1 Å². The topological polar surface area (TPSA) is 57.5 Å². The number of carbonyl (C=O) groups is 1. The minimum Gasteiger partial charge on any atom is -0.390 e. The lowest BCUT2D eigenvalue weighted by Gasteiger charge is -2.20. The lowest BCUT2D eigenvalue weighted by Crippen LogP contribution is -2.20. The monoisotopic (exact) mass is 332 g/mol. The van der Waals surface area contributed by atoms with Crippen LogP contribution in [0, 0.1) is 6.92 Å². The number of carbonyl (C=O) groups excluding carboxylic acids is 1. The van der Waals surface area contributed by atoms with Crippen LogP contribution in [0.1, 0.15) is 30.6 Å². The summed E-state index contributed by atoms with van der Waals surface area (Å²) in [4.78, 5) is 10.8. The fourth-order valence-electron chi connectivity index (χ4n) is 1.63. The molecule has 0 aliphatic carbocycles. The van der Waals surface area contributed by atoms with E-state index in [0.29, 0.717) is 17.7 Å². The highest BCUT2D eigenvalue weighted by Gasteiger charge is 2.20. The van der Waals surface area contributed by atoms with Crippen molar-refractivity contribution in [2.75, 3.05) is 5.75 Å². The molecule has 0 radical (unpaired) electrons. The van der Waals surface area contributed by atoms with E-state index in [1.165, 1.54) is 6.92 Å². The molecule has 2 unspecified atom stereocenters. The predicted octanol–water partition coefficient (Wildman–Crippen LogP) is 2.82. The van der Waals surface area contributed by atoms with Gasteiger partial charge in [-0.15, -0.1) is 0 Å². The largest absolute Gasteiger partial charge is 0.390 e. The van der Waals surface area contributed by atoms with Gasteiger partial charge in [0.15, 0.2) is 5.12 Å². The Kier molecular flexibility index (Phi) is 6.35. The molecule has 100 valence electrons. The Hall–Kier alpha value is -0.360. The van der Waals surface area contributed by atoms with Crippen LogP contribution >= 0.6 is 27.7 Å². The van der Waals surface area contributed by atoms with Gasteiger partial charge in [0.1, 0.15) is 6.10 Å². The lowest BCUT2D eigenvalue weighted by molar-refractivity contribution is -0.109. The first-order valence-electron chi connectivity index (χ1n) is 5.68. The molecule has 1 aromatic carbocycles. The van der Waals surface area contributed by atoms with Gasteiger partial charge in [-0.1, -0.05) is 39.8 Å². The molecule has 2 atom stereocenters. The van der Waals surface area contributed by atoms with Gasteiger partial charge in [-0.3, -0.25) is 4.79 Å². The normalized spacial score (nSPS) is 14.3. The summed E-state index contributed by atoms with van der Waals surface area (Å²) in [6, 6.07) is 5.52. The minimum absolute atomic E-state index is 0.0234. The quantitative estimate of drug-likeness (QED) is 0.870. The summed E-state index contributed by atoms with van der Waals surface area (Å²) in [5.41, 5.74) is 1.63. The van der Waals surface area contributed by atoms with Gasteiger partial charge in [0, 0.05) is 17.1 Å². The summed E-state index contributed by atoms with van der Waals surface area (Å²) in [6.07, 6.45) is -1.39. The maximum Gasteiger partial charge on any atom is 0.185 e. The van der Waals surface area contributed by atoms with Crippen LogP contribution in [0.5, 0.6) is 0 Å². The zero-order valence-electron chi connectivity index (χ0n) is 10.4. The van der Waals surface area contributed by atoms with E-state index >= 15 is 0 Å². The first kappa shape index (κ1) is 15.7. The Bertz CT molecular complexity index is 423. The molecule has 2 N–H and O–H groups in total. The minimum atomic E-state index is -0.921. The molecule has 0 aliphatic rings. The number of halogens is 1. The standard InChI is InChI=1S/C13H17BrO3S/c1-8-10(4-3-5-11(8)14)13(17)12(16)6-7-18-9(2)15/h3-5,12-13,16-17H,6-7H2,1-2H3. The van der Waals surface area contributed by atoms with E-state index in [1.54, 1.807) is 6.07 Å². The molecule has 0 bridgehead atoms. The molecule has 5 heteroatoms. The van der Waals surface area contributed by atoms with Crippen LogP contribution in [-0.4, -0.2) is 27.2 Å². The molecule has 0 saturated carbocycles. The number of aliphatic hydroxyl groups excluding tert-OH is 2. The van der Waals surface area contributed by atoms with Crippen molar-refractivity contribution >= 4 is 32.8 Å². The molecule has 0 saturated heterocycles. The van der Waals surface area contributed by atoms with Crippen molar-refractivity contribution in [3.63, 3.8) is 0 Å². The highest BCUT2D eigenvalue weighted by molar-refractivity contribution is 9.10. The maximum atomic E-state index is 10.8. The van der Waals surface area contributed by atoms with E-state index in [0.717, 1.165) is 21.8 Å². The SMILES string of the molecule is CC(=O)SCCC(O)C(O)c1cccc(Br)c1C. The van der Waals surface area contributed by atoms with Crippen molar-refractivity contribution in [1.29, 1.82) is 0 Å². The van der Waals surface area contributed by atoms with Gasteiger partial charge < -0.3 is 10.2 Å². The number of thioether (sulfide) groups is 1. The van der Waals surface area contributed by atoms with Gasteiger partial charge in [-0.25, -0.2) is 0 Å². The van der Waals surface area contributed by atoms with Crippen LogP contribution < -0.4 is 0 Å². The Morgan fingerprint density at radius 3 is 2.72 bits per heavy atom. The zero-order chi connectivity index (χ0) is 13.7. The van der Waals surface area contributed by atoms with Crippen LogP contribution in [0.2, 0.25) is 0 Å². The van der Waals surface area contributed by atoms with Crippen LogP contribution in [0.15, 0.2) is 22.7 Å². The van der Waals surface area contributed by atoms with Crippen LogP contribution in [0.4, 0.5) is 0 Å². The summed E-state index contributed by atoms with van der Waals surface area (Å²) in [5, 5.41) is 20.0. The van der Waals surface area contributed by atoms with E-state index in [2.05, 4.69) is 15.9 Å². The number of rotatable bonds is 5. The average molecular weight is 333 g/mol. The molecule has 0 amide bonds. The summed E-state index contributed by atoms with van der Waals surface area (Å²) in [5.74, 6) is 0.514. The molecule has 1 rings (SSSR count). The van der Waals surface area contributed by atoms with Gasteiger partial charge in [0.2, 0.25) is 0 Å². The van der Waals surface area contributed by atoms with Gasteiger partial charge in [-0.2, -0.15) is 0 Å². The smallest absolute Gasteiger partial charge is 0.185 e. The van der Waals surface area contributed by atoms with Gasteiger partial charge in [0.25, 0.3) is 0 Å². The highest BCUT2D eigenvalue weighted by Crippen LogP contribution is 2.27. The third-order valence-electron chi connectivity index (χ3n) is 2.71. The Labute approximate surface area is 120 Å². The first-order chi connectivity index (χ1) is 8.43. The van der Waals surface area contributed by atoms with Crippen LogP contribution in [0.3, 0.4) is 0 Å². The van der Waals surface area contributed by atoms with E-state index in [9.17, 15) is 15.0 Å². The van der Waals surface area contributed by atoms with Crippen molar-refractivity contribution in [2.24, 2.45) is 0 Å². The van der Waals surface area contributed by atoms with Gasteiger partial charge in [0.05, 0.1) is 6.10 Å². The van der Waals surface area contributed by atoms with Crippen LogP contribution in [0.25, 0.3) is 0 Å². The Balaban J connectivity index is 2.65. The molecule has 0 aromatic heterocycles. The third kappa shape index (κ3) is 4.39. The van der Waals surface area contributed by atoms with E-state index < -0.39 is 12.2 Å². The van der Waals surface area contributed by atoms with Crippen molar-refractivity contribution in [3.8, 4) is 0 Å². The number of benzene rings is 1. The summed E-state index contributed by atoms with van der Waals surface area (Å²) in [6.45, 7) is 3.38. The maximum absolute atomic E-state index is 10.8. The number of aliphatic hydroxyl groups is 2. The number of hydrogen-bond acceptors (Lipinski definition) is 4. The van der Waals surface area contributed by atoms with Crippen molar-refractivity contribution < 1.29 is 15.0 Å². The second-order valence-electron chi connectivity index (χ2n) is 4.09. The Morgan fingerprint density at radius 1 is 1.44 bits per heavy atom. The molecular formula is C13H17BrO3S.